The third kappa shape index (κ3) is 2.83. The Labute approximate surface area is 139 Å². The van der Waals surface area contributed by atoms with Crippen molar-refractivity contribution in [2.24, 2.45) is 0 Å². The fourth-order valence-corrected chi connectivity index (χ4v) is 3.04. The smallest absolute Gasteiger partial charge is 0.339 e. The van der Waals surface area contributed by atoms with E-state index in [1.807, 2.05) is 11.5 Å². The molecular formula is C16H22N4O4. The average Bonchev–Trinajstić information content (AvgIpc) is 2.99. The molecule has 0 saturated carbocycles. The average molecular weight is 334 g/mol. The normalized spacial score (nSPS) is 17.2. The second-order valence-electron chi connectivity index (χ2n) is 6.08. The number of ether oxygens (including phenoxy) is 1. The topological polar surface area (TPSA) is 101 Å². The lowest BCUT2D eigenvalue weighted by atomic mass is 9.93. The number of pyridine rings is 1. The van der Waals surface area contributed by atoms with Crippen LogP contribution in [0.15, 0.2) is 12.3 Å². The molecule has 3 heterocycles. The van der Waals surface area contributed by atoms with Crippen molar-refractivity contribution in [3.8, 4) is 0 Å². The maximum atomic E-state index is 11.7. The Morgan fingerprint density at radius 2 is 2.12 bits per heavy atom. The lowest BCUT2D eigenvalue weighted by Gasteiger charge is -2.37. The zero-order valence-electron chi connectivity index (χ0n) is 13.9. The number of nitrogens with zero attached hydrogens (tertiary/aromatic N) is 4. The standard InChI is InChI=1S/C16H22N4O4/c1-3-20-13-12(8-11(9-17-13)14(22)24-2)18-15(20)19-6-4-16(23,10-21)5-7-19/h8-9,21,23H,3-7,10H2,1-2H3. The molecule has 1 fully saturated rings. The van der Waals surface area contributed by atoms with E-state index in [1.54, 1.807) is 6.07 Å². The molecule has 8 heteroatoms. The summed E-state index contributed by atoms with van der Waals surface area (Å²) in [4.78, 5) is 22.7. The molecule has 0 atom stereocenters. The molecule has 0 spiro atoms. The van der Waals surface area contributed by atoms with Crippen molar-refractivity contribution in [1.82, 2.24) is 14.5 Å². The first-order chi connectivity index (χ1) is 11.5. The molecule has 0 aliphatic carbocycles. The molecule has 2 aromatic rings. The minimum absolute atomic E-state index is 0.227. The van der Waals surface area contributed by atoms with Crippen molar-refractivity contribution < 1.29 is 19.7 Å². The molecule has 0 bridgehead atoms. The lowest BCUT2D eigenvalue weighted by molar-refractivity contribution is -0.0328. The molecule has 1 aliphatic rings. The molecule has 0 aromatic carbocycles. The Kier molecular flexibility index (Phi) is 4.42. The Morgan fingerprint density at radius 1 is 1.42 bits per heavy atom. The first kappa shape index (κ1) is 16.7. The SMILES string of the molecule is CCn1c(N2CCC(O)(CO)CC2)nc2cc(C(=O)OC)cnc21. The predicted octanol–water partition coefficient (Wildman–Crippen LogP) is 0.561. The van der Waals surface area contributed by atoms with Gasteiger partial charge in [0.15, 0.2) is 5.65 Å². The zero-order valence-corrected chi connectivity index (χ0v) is 13.9. The Balaban J connectivity index is 1.95. The van der Waals surface area contributed by atoms with Crippen LogP contribution >= 0.6 is 0 Å². The minimum Gasteiger partial charge on any atom is -0.465 e. The van der Waals surface area contributed by atoms with Gasteiger partial charge in [0.1, 0.15) is 5.52 Å². The Bertz CT molecular complexity index is 750. The molecule has 0 amide bonds. The van der Waals surface area contributed by atoms with E-state index in [-0.39, 0.29) is 6.61 Å². The number of piperidine rings is 1. The zero-order chi connectivity index (χ0) is 17.3. The number of methoxy groups -OCH3 is 1. The highest BCUT2D eigenvalue weighted by Gasteiger charge is 2.33. The van der Waals surface area contributed by atoms with Gasteiger partial charge in [0.2, 0.25) is 5.95 Å². The predicted molar refractivity (Wildman–Crippen MR) is 88.0 cm³/mol. The van der Waals surface area contributed by atoms with E-state index in [9.17, 15) is 15.0 Å². The highest BCUT2D eigenvalue weighted by Crippen LogP contribution is 2.28. The van der Waals surface area contributed by atoms with Crippen molar-refractivity contribution in [1.29, 1.82) is 0 Å². The summed E-state index contributed by atoms with van der Waals surface area (Å²) < 4.78 is 6.71. The fraction of sp³-hybridized carbons (Fsp3) is 0.562. The maximum Gasteiger partial charge on any atom is 0.339 e. The summed E-state index contributed by atoms with van der Waals surface area (Å²) in [6.45, 7) is 3.68. The number of imidazole rings is 1. The summed E-state index contributed by atoms with van der Waals surface area (Å²) in [6.07, 6.45) is 2.46. The van der Waals surface area contributed by atoms with Gasteiger partial charge in [0.25, 0.3) is 0 Å². The number of rotatable bonds is 4. The van der Waals surface area contributed by atoms with Crippen LogP contribution in [0.4, 0.5) is 5.95 Å². The second-order valence-corrected chi connectivity index (χ2v) is 6.08. The van der Waals surface area contributed by atoms with Crippen molar-refractivity contribution in [2.75, 3.05) is 31.7 Å². The van der Waals surface area contributed by atoms with Gasteiger partial charge >= 0.3 is 5.97 Å². The van der Waals surface area contributed by atoms with Crippen molar-refractivity contribution in [3.05, 3.63) is 17.8 Å². The van der Waals surface area contributed by atoms with E-state index in [2.05, 4.69) is 14.9 Å². The molecule has 0 unspecified atom stereocenters. The molecule has 3 rings (SSSR count). The summed E-state index contributed by atoms with van der Waals surface area (Å²) in [5, 5.41) is 19.5. The summed E-state index contributed by atoms with van der Waals surface area (Å²) in [7, 11) is 1.33. The number of aliphatic hydroxyl groups is 2. The second kappa shape index (κ2) is 6.37. The highest BCUT2D eigenvalue weighted by atomic mass is 16.5. The van der Waals surface area contributed by atoms with Gasteiger partial charge in [-0.25, -0.2) is 14.8 Å². The fourth-order valence-electron chi connectivity index (χ4n) is 3.04. The number of carbonyl (C=O) groups excluding carboxylic acids is 1. The van der Waals surface area contributed by atoms with Gasteiger partial charge in [-0.15, -0.1) is 0 Å². The van der Waals surface area contributed by atoms with E-state index < -0.39 is 11.6 Å². The lowest BCUT2D eigenvalue weighted by Crippen LogP contribution is -2.47. The number of esters is 1. The number of hydrogen-bond acceptors (Lipinski definition) is 7. The quantitative estimate of drug-likeness (QED) is 0.788. The van der Waals surface area contributed by atoms with Crippen LogP contribution in [0.25, 0.3) is 11.2 Å². The van der Waals surface area contributed by atoms with Crippen LogP contribution in [0.5, 0.6) is 0 Å². The van der Waals surface area contributed by atoms with Gasteiger partial charge in [0, 0.05) is 25.8 Å². The first-order valence-corrected chi connectivity index (χ1v) is 8.04. The third-order valence-electron chi connectivity index (χ3n) is 4.57. The van der Waals surface area contributed by atoms with Crippen molar-refractivity contribution in [3.63, 3.8) is 0 Å². The van der Waals surface area contributed by atoms with Gasteiger partial charge in [0.05, 0.1) is 24.9 Å². The molecule has 2 aromatic heterocycles. The van der Waals surface area contributed by atoms with Gasteiger partial charge in [-0.3, -0.25) is 4.57 Å². The Hall–Kier alpha value is -2.19. The monoisotopic (exact) mass is 334 g/mol. The van der Waals surface area contributed by atoms with E-state index in [4.69, 9.17) is 4.74 Å². The molecule has 24 heavy (non-hydrogen) atoms. The molecule has 130 valence electrons. The molecular weight excluding hydrogens is 312 g/mol. The summed E-state index contributed by atoms with van der Waals surface area (Å²) in [6, 6.07) is 1.68. The number of aliphatic hydroxyl groups excluding tert-OH is 1. The van der Waals surface area contributed by atoms with E-state index >= 15 is 0 Å². The van der Waals surface area contributed by atoms with Gasteiger partial charge in [-0.1, -0.05) is 0 Å². The third-order valence-corrected chi connectivity index (χ3v) is 4.57. The van der Waals surface area contributed by atoms with Crippen LogP contribution in [0.2, 0.25) is 0 Å². The Morgan fingerprint density at radius 3 is 2.71 bits per heavy atom. The molecule has 2 N–H and O–H groups in total. The van der Waals surface area contributed by atoms with Crippen LogP contribution in [0.1, 0.15) is 30.1 Å². The van der Waals surface area contributed by atoms with Gasteiger partial charge in [-0.2, -0.15) is 0 Å². The highest BCUT2D eigenvalue weighted by molar-refractivity contribution is 5.92. The minimum atomic E-state index is -1.00. The molecule has 1 saturated heterocycles. The molecule has 0 radical (unpaired) electrons. The maximum absolute atomic E-state index is 11.7. The number of aromatic nitrogens is 3. The number of anilines is 1. The number of carbonyl (C=O) groups is 1. The van der Waals surface area contributed by atoms with Crippen LogP contribution < -0.4 is 4.90 Å². The molecule has 8 nitrogen and oxygen atoms in total. The van der Waals surface area contributed by atoms with Crippen LogP contribution in [-0.2, 0) is 11.3 Å². The van der Waals surface area contributed by atoms with E-state index in [0.717, 1.165) is 5.95 Å². The first-order valence-electron chi connectivity index (χ1n) is 8.04. The summed E-state index contributed by atoms with van der Waals surface area (Å²) in [5.74, 6) is 0.324. The summed E-state index contributed by atoms with van der Waals surface area (Å²) in [5.41, 5.74) is 0.710. The van der Waals surface area contributed by atoms with Gasteiger partial charge in [-0.05, 0) is 25.8 Å². The van der Waals surface area contributed by atoms with Crippen LogP contribution in [0, 0.1) is 0 Å². The van der Waals surface area contributed by atoms with Crippen molar-refractivity contribution in [2.45, 2.75) is 31.9 Å². The largest absolute Gasteiger partial charge is 0.465 e. The van der Waals surface area contributed by atoms with Crippen LogP contribution in [-0.4, -0.2) is 63.1 Å². The van der Waals surface area contributed by atoms with Crippen molar-refractivity contribution >= 4 is 23.1 Å². The van der Waals surface area contributed by atoms with E-state index in [0.29, 0.717) is 49.2 Å². The van der Waals surface area contributed by atoms with Crippen LogP contribution in [0.3, 0.4) is 0 Å². The van der Waals surface area contributed by atoms with Gasteiger partial charge < -0.3 is 19.8 Å². The van der Waals surface area contributed by atoms with E-state index in [1.165, 1.54) is 13.3 Å². The molecule has 1 aliphatic heterocycles. The number of aryl methyl sites for hydroxylation is 1. The number of fused-ring (bicyclic) bond motifs is 1. The summed E-state index contributed by atoms with van der Waals surface area (Å²) >= 11 is 0. The number of hydrogen-bond donors (Lipinski definition) is 2.